The van der Waals surface area contributed by atoms with Gasteiger partial charge < -0.3 is 5.32 Å². The lowest BCUT2D eigenvalue weighted by atomic mass is 10.0. The Morgan fingerprint density at radius 2 is 1.84 bits per heavy atom. The summed E-state index contributed by atoms with van der Waals surface area (Å²) in [6.07, 6.45) is 8.03. The molecule has 1 aromatic rings. The van der Waals surface area contributed by atoms with Gasteiger partial charge in [-0.2, -0.15) is 0 Å². The number of nitrogens with one attached hydrogen (secondary N) is 1. The predicted octanol–water partition coefficient (Wildman–Crippen LogP) is 5.74. The highest BCUT2D eigenvalue weighted by Gasteiger charge is 2.09. The molecular formula is C17H28ClN. The summed E-state index contributed by atoms with van der Waals surface area (Å²) in [7, 11) is 0. The number of hydrogen-bond acceptors (Lipinski definition) is 1. The number of benzene rings is 1. The molecule has 108 valence electrons. The van der Waals surface area contributed by atoms with Crippen LogP contribution >= 0.6 is 11.6 Å². The SMILES string of the molecule is CCCCCCCC(C)NC(C)c1cccc(Cl)c1. The molecular weight excluding hydrogens is 254 g/mol. The molecule has 0 spiro atoms. The van der Waals surface area contributed by atoms with E-state index >= 15 is 0 Å². The van der Waals surface area contributed by atoms with Gasteiger partial charge in [0.25, 0.3) is 0 Å². The van der Waals surface area contributed by atoms with Crippen molar-refractivity contribution < 1.29 is 0 Å². The smallest absolute Gasteiger partial charge is 0.0409 e. The normalized spacial score (nSPS) is 14.3. The number of unbranched alkanes of at least 4 members (excludes halogenated alkanes) is 4. The van der Waals surface area contributed by atoms with Crippen molar-refractivity contribution in [3.05, 3.63) is 34.9 Å². The summed E-state index contributed by atoms with van der Waals surface area (Å²) in [6, 6.07) is 9.06. The minimum atomic E-state index is 0.365. The highest BCUT2D eigenvalue weighted by atomic mass is 35.5. The lowest BCUT2D eigenvalue weighted by Gasteiger charge is -2.20. The molecule has 2 unspecified atom stereocenters. The van der Waals surface area contributed by atoms with Crippen LogP contribution in [0.1, 0.15) is 70.9 Å². The Bertz CT molecular complexity index is 351. The molecule has 1 nitrogen and oxygen atoms in total. The van der Waals surface area contributed by atoms with Crippen LogP contribution in [-0.4, -0.2) is 6.04 Å². The number of halogens is 1. The highest BCUT2D eigenvalue weighted by molar-refractivity contribution is 6.30. The third-order valence-corrected chi connectivity index (χ3v) is 3.86. The fourth-order valence-electron chi connectivity index (χ4n) is 2.44. The fraction of sp³-hybridized carbons (Fsp3) is 0.647. The first-order valence-electron chi connectivity index (χ1n) is 7.65. The van der Waals surface area contributed by atoms with Crippen molar-refractivity contribution in [3.63, 3.8) is 0 Å². The van der Waals surface area contributed by atoms with Gasteiger partial charge in [-0.05, 0) is 38.0 Å². The summed E-state index contributed by atoms with van der Waals surface area (Å²) in [4.78, 5) is 0. The molecule has 0 aromatic heterocycles. The zero-order valence-electron chi connectivity index (χ0n) is 12.6. The Labute approximate surface area is 123 Å². The molecule has 2 heteroatoms. The van der Waals surface area contributed by atoms with Crippen LogP contribution in [0.15, 0.2) is 24.3 Å². The second kappa shape index (κ2) is 9.39. The molecule has 1 rings (SSSR count). The lowest BCUT2D eigenvalue weighted by Crippen LogP contribution is -2.28. The van der Waals surface area contributed by atoms with E-state index in [9.17, 15) is 0 Å². The van der Waals surface area contributed by atoms with E-state index in [1.807, 2.05) is 18.2 Å². The number of hydrogen-bond donors (Lipinski definition) is 1. The fourth-order valence-corrected chi connectivity index (χ4v) is 2.64. The van der Waals surface area contributed by atoms with Crippen LogP contribution in [-0.2, 0) is 0 Å². The van der Waals surface area contributed by atoms with Crippen molar-refractivity contribution in [3.8, 4) is 0 Å². The standard InChI is InChI=1S/C17H28ClN/c1-4-5-6-7-8-10-14(2)19-15(3)16-11-9-12-17(18)13-16/h9,11-15,19H,4-8,10H2,1-3H3. The Morgan fingerprint density at radius 3 is 2.53 bits per heavy atom. The van der Waals surface area contributed by atoms with E-state index in [1.54, 1.807) is 0 Å². The second-order valence-electron chi connectivity index (χ2n) is 5.55. The maximum atomic E-state index is 6.03. The van der Waals surface area contributed by atoms with Crippen LogP contribution in [0.3, 0.4) is 0 Å². The molecule has 0 fully saturated rings. The lowest BCUT2D eigenvalue weighted by molar-refractivity contribution is 0.436. The molecule has 0 aliphatic heterocycles. The summed E-state index contributed by atoms with van der Waals surface area (Å²) in [5, 5.41) is 4.47. The molecule has 0 radical (unpaired) electrons. The van der Waals surface area contributed by atoms with Crippen molar-refractivity contribution in [1.82, 2.24) is 5.32 Å². The Kier molecular flexibility index (Phi) is 8.16. The maximum absolute atomic E-state index is 6.03. The molecule has 0 amide bonds. The molecule has 0 aliphatic carbocycles. The van der Waals surface area contributed by atoms with E-state index in [-0.39, 0.29) is 0 Å². The van der Waals surface area contributed by atoms with Crippen molar-refractivity contribution in [2.75, 3.05) is 0 Å². The average Bonchev–Trinajstić information content (AvgIpc) is 2.38. The van der Waals surface area contributed by atoms with E-state index < -0.39 is 0 Å². The Balaban J connectivity index is 2.26. The molecule has 1 aromatic carbocycles. The second-order valence-corrected chi connectivity index (χ2v) is 5.98. The Morgan fingerprint density at radius 1 is 1.11 bits per heavy atom. The van der Waals surface area contributed by atoms with Crippen LogP contribution in [0.25, 0.3) is 0 Å². The monoisotopic (exact) mass is 281 g/mol. The third-order valence-electron chi connectivity index (χ3n) is 3.62. The van der Waals surface area contributed by atoms with Gasteiger partial charge in [-0.25, -0.2) is 0 Å². The van der Waals surface area contributed by atoms with E-state index in [1.165, 1.54) is 44.1 Å². The molecule has 2 atom stereocenters. The van der Waals surface area contributed by atoms with Gasteiger partial charge in [0.2, 0.25) is 0 Å². The predicted molar refractivity (Wildman–Crippen MR) is 85.8 cm³/mol. The molecule has 19 heavy (non-hydrogen) atoms. The van der Waals surface area contributed by atoms with Gasteiger partial charge in [0.15, 0.2) is 0 Å². The van der Waals surface area contributed by atoms with Gasteiger partial charge in [0, 0.05) is 17.1 Å². The van der Waals surface area contributed by atoms with E-state index in [2.05, 4.69) is 32.2 Å². The largest absolute Gasteiger partial charge is 0.308 e. The molecule has 0 bridgehead atoms. The third kappa shape index (κ3) is 6.98. The molecule has 0 aliphatic rings. The van der Waals surface area contributed by atoms with Crippen LogP contribution in [0, 0.1) is 0 Å². The summed E-state index contributed by atoms with van der Waals surface area (Å²) < 4.78 is 0. The molecule has 0 saturated heterocycles. The molecule has 1 N–H and O–H groups in total. The first-order chi connectivity index (χ1) is 9.13. The highest BCUT2D eigenvalue weighted by Crippen LogP contribution is 2.18. The summed E-state index contributed by atoms with van der Waals surface area (Å²) in [6.45, 7) is 6.75. The summed E-state index contributed by atoms with van der Waals surface area (Å²) >= 11 is 6.03. The van der Waals surface area contributed by atoms with Gasteiger partial charge in [-0.3, -0.25) is 0 Å². The minimum Gasteiger partial charge on any atom is -0.308 e. The van der Waals surface area contributed by atoms with Gasteiger partial charge in [-0.1, -0.05) is 62.8 Å². The maximum Gasteiger partial charge on any atom is 0.0409 e. The van der Waals surface area contributed by atoms with Crippen LogP contribution < -0.4 is 5.32 Å². The zero-order valence-corrected chi connectivity index (χ0v) is 13.3. The first kappa shape index (κ1) is 16.5. The van der Waals surface area contributed by atoms with Gasteiger partial charge >= 0.3 is 0 Å². The van der Waals surface area contributed by atoms with Crippen molar-refractivity contribution in [2.45, 2.75) is 71.4 Å². The summed E-state index contributed by atoms with van der Waals surface area (Å²) in [5.41, 5.74) is 1.27. The number of rotatable bonds is 9. The zero-order chi connectivity index (χ0) is 14.1. The van der Waals surface area contributed by atoms with E-state index in [0.29, 0.717) is 12.1 Å². The van der Waals surface area contributed by atoms with E-state index in [4.69, 9.17) is 11.6 Å². The van der Waals surface area contributed by atoms with Crippen LogP contribution in [0.4, 0.5) is 0 Å². The topological polar surface area (TPSA) is 12.0 Å². The quantitative estimate of drug-likeness (QED) is 0.569. The van der Waals surface area contributed by atoms with Gasteiger partial charge in [0.05, 0.1) is 0 Å². The Hall–Kier alpha value is -0.530. The molecule has 0 saturated carbocycles. The molecule has 0 heterocycles. The van der Waals surface area contributed by atoms with Crippen LogP contribution in [0.5, 0.6) is 0 Å². The minimum absolute atomic E-state index is 0.365. The van der Waals surface area contributed by atoms with Gasteiger partial charge in [-0.15, -0.1) is 0 Å². The van der Waals surface area contributed by atoms with Crippen molar-refractivity contribution in [1.29, 1.82) is 0 Å². The van der Waals surface area contributed by atoms with Crippen molar-refractivity contribution in [2.24, 2.45) is 0 Å². The van der Waals surface area contributed by atoms with Crippen LogP contribution in [0.2, 0.25) is 5.02 Å². The van der Waals surface area contributed by atoms with E-state index in [0.717, 1.165) is 5.02 Å². The van der Waals surface area contributed by atoms with Crippen molar-refractivity contribution >= 4 is 11.6 Å². The van der Waals surface area contributed by atoms with Gasteiger partial charge in [0.1, 0.15) is 0 Å². The average molecular weight is 282 g/mol. The summed E-state index contributed by atoms with van der Waals surface area (Å²) in [5.74, 6) is 0. The first-order valence-corrected chi connectivity index (χ1v) is 8.02.